The molecule has 0 N–H and O–H groups in total. The summed E-state index contributed by atoms with van der Waals surface area (Å²) in [4.78, 5) is 0. The van der Waals surface area contributed by atoms with Crippen LogP contribution in [0.1, 0.15) is 159 Å². The minimum absolute atomic E-state index is 0.0849. The summed E-state index contributed by atoms with van der Waals surface area (Å²) in [6, 6.07) is 20.2. The van der Waals surface area contributed by atoms with Gasteiger partial charge in [0, 0.05) is 21.5 Å². The molecule has 14 rings (SSSR count). The summed E-state index contributed by atoms with van der Waals surface area (Å²) in [5, 5.41) is 27.5. The molecule has 2 heterocycles. The summed E-state index contributed by atoms with van der Waals surface area (Å²) in [5.41, 5.74) is 18.9. The Morgan fingerprint density at radius 1 is 0.611 bits per heavy atom. The molecule has 8 aliphatic carbocycles. The maximum absolute atomic E-state index is 11.0. The van der Waals surface area contributed by atoms with Crippen LogP contribution < -0.4 is 0 Å². The number of hydrogen-bond acceptors (Lipinski definition) is 2. The van der Waals surface area contributed by atoms with Gasteiger partial charge in [-0.05, 0) is 211 Å². The summed E-state index contributed by atoms with van der Waals surface area (Å²) < 4.78 is 2.56. The lowest BCUT2D eigenvalue weighted by Gasteiger charge is -2.48. The highest BCUT2D eigenvalue weighted by atomic mass is 14.9. The molecule has 2 aromatic heterocycles. The summed E-state index contributed by atoms with van der Waals surface area (Å²) in [6.07, 6.45) is 13.0. The van der Waals surface area contributed by atoms with Crippen molar-refractivity contribution >= 4 is 38.1 Å². The van der Waals surface area contributed by atoms with Gasteiger partial charge in [-0.25, -0.2) is 0 Å². The lowest BCUT2D eigenvalue weighted by atomic mass is 9.56. The van der Waals surface area contributed by atoms with E-state index in [0.29, 0.717) is 29.1 Å². The lowest BCUT2D eigenvalue weighted by Crippen LogP contribution is -2.41. The van der Waals surface area contributed by atoms with Gasteiger partial charge in [0.25, 0.3) is 0 Å². The maximum Gasteiger partial charge on any atom is 0.0995 e. The van der Waals surface area contributed by atoms with Gasteiger partial charge in [-0.1, -0.05) is 32.9 Å². The normalized spacial score (nSPS) is 32.6. The van der Waals surface area contributed by atoms with Crippen molar-refractivity contribution < 1.29 is 0 Å². The van der Waals surface area contributed by atoms with Crippen LogP contribution >= 0.6 is 0 Å². The van der Waals surface area contributed by atoms with Gasteiger partial charge in [0.15, 0.2) is 0 Å². The number of nitriles is 2. The average molecular weight is 704 g/mol. The van der Waals surface area contributed by atoms with E-state index in [0.717, 1.165) is 34.8 Å². The fraction of sp³-hybridized carbons (Fsp3) is 0.490. The molecule has 3 nitrogen and oxygen atoms in total. The van der Waals surface area contributed by atoms with E-state index in [4.69, 9.17) is 0 Å². The molecule has 268 valence electrons. The first-order valence-corrected chi connectivity index (χ1v) is 21.4. The van der Waals surface area contributed by atoms with E-state index in [9.17, 15) is 10.5 Å². The smallest absolute Gasteiger partial charge is 0.0995 e. The van der Waals surface area contributed by atoms with Crippen molar-refractivity contribution in [1.29, 1.82) is 10.5 Å². The molecule has 6 aromatic rings. The van der Waals surface area contributed by atoms with Crippen molar-refractivity contribution in [2.24, 2.45) is 29.1 Å². The molecule has 0 amide bonds. The van der Waals surface area contributed by atoms with Gasteiger partial charge in [-0.2, -0.15) is 10.5 Å². The Kier molecular flexibility index (Phi) is 5.56. The first kappa shape index (κ1) is 30.9. The van der Waals surface area contributed by atoms with Crippen molar-refractivity contribution in [2.45, 2.75) is 128 Å². The quantitative estimate of drug-likeness (QED) is 0.171. The molecule has 7 bridgehead atoms. The van der Waals surface area contributed by atoms with Crippen molar-refractivity contribution in [3.8, 4) is 23.3 Å². The van der Waals surface area contributed by atoms with E-state index in [2.05, 4.69) is 87.6 Å². The van der Waals surface area contributed by atoms with Crippen LogP contribution in [0.25, 0.3) is 49.2 Å². The third kappa shape index (κ3) is 3.52. The zero-order valence-electron chi connectivity index (χ0n) is 32.5. The maximum atomic E-state index is 11.0. The standard InChI is InChI=1S/C51H49N3/c1-24-6-35(50(3,4)5)7-25(2)42(24)30-15-38-47-40(17-33(22-52)43-28-9-26-8-27(10-28)12-29(11-26)45(43)47)54-41-18-34(23-53)44-31-13-36-19-37-14-32(21-51(36,37)20-31)46(44)48(41)39(16-30)49(38)54/h6-7,15-18,26-29,31-32,36-37H,8-14,19-21H2,1-5H3. The first-order valence-electron chi connectivity index (χ1n) is 21.4. The number of hydrogen-bond donors (Lipinski definition) is 0. The number of aryl methyl sites for hydroxylation is 2. The topological polar surface area (TPSA) is 52.0 Å². The van der Waals surface area contributed by atoms with Crippen LogP contribution in [0.3, 0.4) is 0 Å². The Bertz CT molecular complexity index is 2790. The number of rotatable bonds is 1. The highest BCUT2D eigenvalue weighted by molar-refractivity contribution is 6.26. The highest BCUT2D eigenvalue weighted by Gasteiger charge is 2.66. The Morgan fingerprint density at radius 3 is 1.65 bits per heavy atom. The summed E-state index contributed by atoms with van der Waals surface area (Å²) in [6.45, 7) is 11.6. The monoisotopic (exact) mass is 703 g/mol. The van der Waals surface area contributed by atoms with Gasteiger partial charge in [0.1, 0.15) is 0 Å². The number of fused-ring (bicyclic) bond motifs is 12. The lowest BCUT2D eigenvalue weighted by molar-refractivity contribution is 0.00322. The van der Waals surface area contributed by atoms with Crippen LogP contribution in [0.4, 0.5) is 0 Å². The summed E-state index contributed by atoms with van der Waals surface area (Å²) in [7, 11) is 0. The van der Waals surface area contributed by atoms with Crippen LogP contribution in [0, 0.1) is 65.6 Å². The SMILES string of the molecule is Cc1cc(C(C)(C)C)cc(C)c1-c1cc2c3c4c(c(C#N)cc3n3c5cc(C#N)c6c(c5c(c1)c23)C1CC2CC3CC6CC32C1)C1CC2CC(C1)CC4C2. The van der Waals surface area contributed by atoms with Gasteiger partial charge >= 0.3 is 0 Å². The van der Waals surface area contributed by atoms with E-state index in [1.165, 1.54) is 152 Å². The Labute approximate surface area is 318 Å². The van der Waals surface area contributed by atoms with E-state index < -0.39 is 0 Å². The fourth-order valence-corrected chi connectivity index (χ4v) is 15.8. The van der Waals surface area contributed by atoms with Crippen LogP contribution in [0.5, 0.6) is 0 Å². The molecule has 1 spiro atoms. The molecule has 7 unspecified atom stereocenters. The second-order valence-electron chi connectivity index (χ2n) is 20.9. The molecule has 5 fully saturated rings. The van der Waals surface area contributed by atoms with Crippen LogP contribution in [-0.4, -0.2) is 4.40 Å². The zero-order chi connectivity index (χ0) is 36.3. The van der Waals surface area contributed by atoms with Gasteiger partial charge in [0.05, 0.1) is 39.8 Å². The number of aromatic nitrogens is 1. The molecule has 0 saturated heterocycles. The number of nitrogens with zero attached hydrogens (tertiary/aromatic N) is 3. The number of benzene rings is 4. The van der Waals surface area contributed by atoms with Gasteiger partial charge < -0.3 is 4.40 Å². The predicted molar refractivity (Wildman–Crippen MR) is 218 cm³/mol. The Hall–Kier alpha value is -4.34. The van der Waals surface area contributed by atoms with Crippen molar-refractivity contribution in [1.82, 2.24) is 4.40 Å². The van der Waals surface area contributed by atoms with Gasteiger partial charge in [-0.3, -0.25) is 0 Å². The van der Waals surface area contributed by atoms with Gasteiger partial charge in [-0.15, -0.1) is 0 Å². The molecule has 54 heavy (non-hydrogen) atoms. The molecular weight excluding hydrogens is 655 g/mol. The Balaban J connectivity index is 1.21. The predicted octanol–water partition coefficient (Wildman–Crippen LogP) is 12.9. The molecule has 8 aliphatic rings. The van der Waals surface area contributed by atoms with Crippen LogP contribution in [0.15, 0.2) is 36.4 Å². The van der Waals surface area contributed by atoms with E-state index in [1.807, 2.05) is 0 Å². The molecule has 0 aliphatic heterocycles. The second-order valence-corrected chi connectivity index (χ2v) is 20.9. The Morgan fingerprint density at radius 2 is 1.11 bits per heavy atom. The summed E-state index contributed by atoms with van der Waals surface area (Å²) >= 11 is 0. The minimum atomic E-state index is 0.0849. The van der Waals surface area contributed by atoms with Crippen LogP contribution in [-0.2, 0) is 5.41 Å². The average Bonchev–Trinajstić information content (AvgIpc) is 3.76. The molecular formula is C51H49N3. The first-order chi connectivity index (χ1) is 26.0. The largest absolute Gasteiger partial charge is 0.308 e. The second kappa shape index (κ2) is 9.72. The third-order valence-corrected chi connectivity index (χ3v) is 17.4. The van der Waals surface area contributed by atoms with Gasteiger partial charge in [0.2, 0.25) is 0 Å². The third-order valence-electron chi connectivity index (χ3n) is 17.4. The molecule has 4 aromatic carbocycles. The van der Waals surface area contributed by atoms with E-state index >= 15 is 0 Å². The van der Waals surface area contributed by atoms with Crippen LogP contribution in [0.2, 0.25) is 0 Å². The van der Waals surface area contributed by atoms with Crippen molar-refractivity contribution in [3.05, 3.63) is 86.5 Å². The zero-order valence-corrected chi connectivity index (χ0v) is 32.5. The van der Waals surface area contributed by atoms with E-state index in [-0.39, 0.29) is 5.41 Å². The minimum Gasteiger partial charge on any atom is -0.308 e. The molecule has 7 atom stereocenters. The molecule has 5 saturated carbocycles. The fourth-order valence-electron chi connectivity index (χ4n) is 15.8. The summed E-state index contributed by atoms with van der Waals surface area (Å²) in [5.74, 6) is 5.36. The van der Waals surface area contributed by atoms with Crippen molar-refractivity contribution in [3.63, 3.8) is 0 Å². The molecule has 0 radical (unpaired) electrons. The van der Waals surface area contributed by atoms with E-state index in [1.54, 1.807) is 0 Å². The molecule has 3 heteroatoms. The highest BCUT2D eigenvalue weighted by Crippen LogP contribution is 2.76. The van der Waals surface area contributed by atoms with Crippen molar-refractivity contribution in [2.75, 3.05) is 0 Å².